The topological polar surface area (TPSA) is 20.2 Å². The first-order chi connectivity index (χ1) is 7.97. The fourth-order valence-electron chi connectivity index (χ4n) is 2.26. The van der Waals surface area contributed by atoms with Crippen LogP contribution in [0.1, 0.15) is 22.3 Å². The summed E-state index contributed by atoms with van der Waals surface area (Å²) in [6.45, 7) is 8.09. The van der Waals surface area contributed by atoms with Crippen molar-refractivity contribution in [2.45, 2.75) is 27.7 Å². The number of benzene rings is 2. The molecule has 0 fully saturated rings. The van der Waals surface area contributed by atoms with Crippen LogP contribution in [0.3, 0.4) is 0 Å². The Morgan fingerprint density at radius 3 is 1.53 bits per heavy atom. The summed E-state index contributed by atoms with van der Waals surface area (Å²) in [6.07, 6.45) is 0. The van der Waals surface area contributed by atoms with Crippen LogP contribution in [0, 0.1) is 27.7 Å². The number of phenolic OH excluding ortho intramolecular Hbond substituents is 1. The summed E-state index contributed by atoms with van der Waals surface area (Å²) in [5.74, 6) is 0.401. The highest BCUT2D eigenvalue weighted by atomic mass is 16.3. The molecule has 17 heavy (non-hydrogen) atoms. The SMILES string of the molecule is Cc1cc(C)cc(-c2cc(C)c(O)c(C)c2)c1. The molecule has 0 bridgehead atoms. The van der Waals surface area contributed by atoms with Crippen molar-refractivity contribution < 1.29 is 5.11 Å². The number of aromatic hydroxyl groups is 1. The molecule has 0 aliphatic carbocycles. The van der Waals surface area contributed by atoms with Crippen molar-refractivity contribution in [3.8, 4) is 16.9 Å². The number of rotatable bonds is 1. The molecule has 0 spiro atoms. The molecule has 1 heteroatoms. The second-order valence-electron chi connectivity index (χ2n) is 4.84. The van der Waals surface area contributed by atoms with Gasteiger partial charge in [-0.3, -0.25) is 0 Å². The molecular weight excluding hydrogens is 208 g/mol. The normalized spacial score (nSPS) is 10.6. The molecule has 0 saturated carbocycles. The second kappa shape index (κ2) is 4.25. The maximum atomic E-state index is 9.79. The Hall–Kier alpha value is -1.76. The van der Waals surface area contributed by atoms with E-state index in [1.165, 1.54) is 22.3 Å². The summed E-state index contributed by atoms with van der Waals surface area (Å²) < 4.78 is 0. The van der Waals surface area contributed by atoms with E-state index in [1.807, 2.05) is 26.0 Å². The Labute approximate surface area is 103 Å². The van der Waals surface area contributed by atoms with Gasteiger partial charge in [-0.25, -0.2) is 0 Å². The third kappa shape index (κ3) is 2.33. The second-order valence-corrected chi connectivity index (χ2v) is 4.84. The Kier molecular flexibility index (Phi) is 2.93. The summed E-state index contributed by atoms with van der Waals surface area (Å²) in [5.41, 5.74) is 6.78. The summed E-state index contributed by atoms with van der Waals surface area (Å²) in [7, 11) is 0. The van der Waals surface area contributed by atoms with Gasteiger partial charge < -0.3 is 5.11 Å². The van der Waals surface area contributed by atoms with Gasteiger partial charge in [-0.2, -0.15) is 0 Å². The van der Waals surface area contributed by atoms with Crippen LogP contribution in [0.5, 0.6) is 5.75 Å². The molecule has 88 valence electrons. The van der Waals surface area contributed by atoms with Gasteiger partial charge in [0.2, 0.25) is 0 Å². The quantitative estimate of drug-likeness (QED) is 0.769. The highest BCUT2D eigenvalue weighted by Crippen LogP contribution is 2.30. The standard InChI is InChI=1S/C16H18O/c1-10-5-11(2)7-14(6-10)15-8-12(3)16(17)13(4)9-15/h5-9,17H,1-4H3. The van der Waals surface area contributed by atoms with Crippen LogP contribution in [-0.2, 0) is 0 Å². The summed E-state index contributed by atoms with van der Waals surface area (Å²) in [6, 6.07) is 10.6. The van der Waals surface area contributed by atoms with Crippen LogP contribution in [-0.4, -0.2) is 5.11 Å². The zero-order valence-electron chi connectivity index (χ0n) is 10.8. The van der Waals surface area contributed by atoms with Crippen molar-refractivity contribution in [1.29, 1.82) is 0 Å². The maximum Gasteiger partial charge on any atom is 0.121 e. The number of aryl methyl sites for hydroxylation is 4. The molecule has 2 aromatic carbocycles. The lowest BCUT2D eigenvalue weighted by Crippen LogP contribution is -1.87. The first-order valence-electron chi connectivity index (χ1n) is 5.86. The third-order valence-corrected chi connectivity index (χ3v) is 3.05. The highest BCUT2D eigenvalue weighted by Gasteiger charge is 2.06. The van der Waals surface area contributed by atoms with Crippen molar-refractivity contribution in [2.24, 2.45) is 0 Å². The van der Waals surface area contributed by atoms with E-state index in [4.69, 9.17) is 0 Å². The first kappa shape index (κ1) is 11.7. The molecule has 2 rings (SSSR count). The van der Waals surface area contributed by atoms with Gasteiger partial charge in [-0.05, 0) is 62.1 Å². The lowest BCUT2D eigenvalue weighted by atomic mass is 9.97. The maximum absolute atomic E-state index is 9.79. The van der Waals surface area contributed by atoms with E-state index >= 15 is 0 Å². The molecule has 0 amide bonds. The van der Waals surface area contributed by atoms with Gasteiger partial charge in [-0.15, -0.1) is 0 Å². The minimum absolute atomic E-state index is 0.401. The van der Waals surface area contributed by atoms with E-state index < -0.39 is 0 Å². The first-order valence-corrected chi connectivity index (χ1v) is 5.86. The van der Waals surface area contributed by atoms with Gasteiger partial charge in [0.05, 0.1) is 0 Å². The number of hydrogen-bond acceptors (Lipinski definition) is 1. The van der Waals surface area contributed by atoms with E-state index in [-0.39, 0.29) is 0 Å². The molecule has 1 N–H and O–H groups in total. The smallest absolute Gasteiger partial charge is 0.121 e. The molecular formula is C16H18O. The van der Waals surface area contributed by atoms with E-state index in [0.29, 0.717) is 5.75 Å². The van der Waals surface area contributed by atoms with Crippen LogP contribution in [0.4, 0.5) is 0 Å². The largest absolute Gasteiger partial charge is 0.507 e. The molecule has 1 nitrogen and oxygen atoms in total. The molecule has 0 aliphatic rings. The van der Waals surface area contributed by atoms with Crippen LogP contribution >= 0.6 is 0 Å². The molecule has 0 heterocycles. The zero-order valence-corrected chi connectivity index (χ0v) is 10.8. The third-order valence-electron chi connectivity index (χ3n) is 3.05. The minimum atomic E-state index is 0.401. The van der Waals surface area contributed by atoms with Gasteiger partial charge in [0, 0.05) is 0 Å². The van der Waals surface area contributed by atoms with Gasteiger partial charge >= 0.3 is 0 Å². The minimum Gasteiger partial charge on any atom is -0.507 e. The van der Waals surface area contributed by atoms with Crippen LogP contribution in [0.15, 0.2) is 30.3 Å². The lowest BCUT2D eigenvalue weighted by molar-refractivity contribution is 0.467. The molecule has 0 saturated heterocycles. The average Bonchev–Trinajstić information content (AvgIpc) is 2.23. The van der Waals surface area contributed by atoms with Crippen molar-refractivity contribution in [2.75, 3.05) is 0 Å². The van der Waals surface area contributed by atoms with Gasteiger partial charge in [0.1, 0.15) is 5.75 Å². The van der Waals surface area contributed by atoms with E-state index in [1.54, 1.807) is 0 Å². The van der Waals surface area contributed by atoms with E-state index in [2.05, 4.69) is 32.0 Å². The molecule has 0 radical (unpaired) electrons. The fraction of sp³-hybridized carbons (Fsp3) is 0.250. The van der Waals surface area contributed by atoms with Crippen LogP contribution < -0.4 is 0 Å². The molecule has 0 atom stereocenters. The zero-order chi connectivity index (χ0) is 12.6. The van der Waals surface area contributed by atoms with E-state index in [9.17, 15) is 5.11 Å². The Morgan fingerprint density at radius 2 is 1.06 bits per heavy atom. The molecule has 0 unspecified atom stereocenters. The highest BCUT2D eigenvalue weighted by molar-refractivity contribution is 5.68. The summed E-state index contributed by atoms with van der Waals surface area (Å²) in [5, 5.41) is 9.79. The van der Waals surface area contributed by atoms with Gasteiger partial charge in [0.15, 0.2) is 0 Å². The van der Waals surface area contributed by atoms with Crippen LogP contribution in [0.25, 0.3) is 11.1 Å². The lowest BCUT2D eigenvalue weighted by Gasteiger charge is -2.09. The van der Waals surface area contributed by atoms with Crippen molar-refractivity contribution >= 4 is 0 Å². The van der Waals surface area contributed by atoms with Gasteiger partial charge in [0.25, 0.3) is 0 Å². The van der Waals surface area contributed by atoms with Crippen molar-refractivity contribution in [3.63, 3.8) is 0 Å². The predicted octanol–water partition coefficient (Wildman–Crippen LogP) is 4.29. The summed E-state index contributed by atoms with van der Waals surface area (Å²) in [4.78, 5) is 0. The summed E-state index contributed by atoms with van der Waals surface area (Å²) >= 11 is 0. The fourth-order valence-corrected chi connectivity index (χ4v) is 2.26. The average molecular weight is 226 g/mol. The Bertz CT molecular complexity index is 524. The Morgan fingerprint density at radius 1 is 0.647 bits per heavy atom. The monoisotopic (exact) mass is 226 g/mol. The molecule has 0 aromatic heterocycles. The molecule has 0 aliphatic heterocycles. The van der Waals surface area contributed by atoms with E-state index in [0.717, 1.165) is 11.1 Å². The predicted molar refractivity (Wildman–Crippen MR) is 72.5 cm³/mol. The van der Waals surface area contributed by atoms with Crippen molar-refractivity contribution in [1.82, 2.24) is 0 Å². The number of hydrogen-bond donors (Lipinski definition) is 1. The van der Waals surface area contributed by atoms with Crippen molar-refractivity contribution in [3.05, 3.63) is 52.6 Å². The number of phenols is 1. The molecule has 2 aromatic rings. The van der Waals surface area contributed by atoms with Gasteiger partial charge in [-0.1, -0.05) is 29.3 Å². The van der Waals surface area contributed by atoms with Crippen LogP contribution in [0.2, 0.25) is 0 Å². The Balaban J connectivity index is 2.60.